The maximum absolute atomic E-state index is 13.4. The van der Waals surface area contributed by atoms with Crippen LogP contribution in [0, 0.1) is 11.8 Å². The monoisotopic (exact) mass is 487 g/mol. The summed E-state index contributed by atoms with van der Waals surface area (Å²) in [5, 5.41) is 9.25. The summed E-state index contributed by atoms with van der Waals surface area (Å²) in [5.74, 6) is 1.41. The standard InChI is InChI=1S/C30H37N3O3/c34-27-21-36-30(26-13-5-2-6-14-26)32-33(27)20-23-15-17-25(18-16-23)28(24-11-7-8-12-24)29(35)31-19-22-9-3-1-4-10-22/h2,5-6,13-18,22,24,28H,1,3-4,7-12,19-21H2,(H,31,35). The van der Waals surface area contributed by atoms with E-state index in [1.807, 2.05) is 42.5 Å². The smallest absolute Gasteiger partial charge is 0.281 e. The van der Waals surface area contributed by atoms with Crippen molar-refractivity contribution in [2.75, 3.05) is 13.2 Å². The molecule has 0 spiro atoms. The number of ether oxygens (including phenoxy) is 1. The maximum atomic E-state index is 13.4. The molecule has 2 fully saturated rings. The predicted molar refractivity (Wildman–Crippen MR) is 140 cm³/mol. The molecule has 2 aromatic rings. The topological polar surface area (TPSA) is 71.0 Å². The Kier molecular flexibility index (Phi) is 7.99. The molecule has 1 unspecified atom stereocenters. The van der Waals surface area contributed by atoms with Crippen LogP contribution in [0.4, 0.5) is 0 Å². The van der Waals surface area contributed by atoms with Crippen LogP contribution >= 0.6 is 0 Å². The highest BCUT2D eigenvalue weighted by atomic mass is 16.5. The molecule has 0 aromatic heterocycles. The van der Waals surface area contributed by atoms with E-state index in [-0.39, 0.29) is 24.3 Å². The first-order valence-corrected chi connectivity index (χ1v) is 13.6. The SMILES string of the molecule is O=C(NCC1CCCCC1)C(c1ccc(CN2N=C(c3ccccc3)OCC2=O)cc1)C1CCCC1. The quantitative estimate of drug-likeness (QED) is 0.544. The van der Waals surface area contributed by atoms with E-state index in [1.165, 1.54) is 50.0 Å². The molecular formula is C30H37N3O3. The summed E-state index contributed by atoms with van der Waals surface area (Å²) in [6.07, 6.45) is 11.0. The third-order valence-corrected chi connectivity index (χ3v) is 7.97. The van der Waals surface area contributed by atoms with Crippen LogP contribution in [-0.4, -0.2) is 35.9 Å². The maximum Gasteiger partial charge on any atom is 0.281 e. The van der Waals surface area contributed by atoms with Crippen molar-refractivity contribution < 1.29 is 14.3 Å². The van der Waals surface area contributed by atoms with Crippen LogP contribution in [0.5, 0.6) is 0 Å². The number of nitrogens with one attached hydrogen (secondary N) is 1. The molecule has 0 radical (unpaired) electrons. The molecule has 1 aliphatic heterocycles. The number of amides is 2. The number of rotatable bonds is 8. The Bertz CT molecular complexity index is 1050. The fourth-order valence-electron chi connectivity index (χ4n) is 5.92. The third-order valence-electron chi connectivity index (χ3n) is 7.97. The van der Waals surface area contributed by atoms with Gasteiger partial charge in [0.15, 0.2) is 6.61 Å². The van der Waals surface area contributed by atoms with E-state index < -0.39 is 0 Å². The lowest BCUT2D eigenvalue weighted by Gasteiger charge is -2.27. The molecule has 6 heteroatoms. The summed E-state index contributed by atoms with van der Waals surface area (Å²) < 4.78 is 5.56. The van der Waals surface area contributed by atoms with Crippen LogP contribution in [0.3, 0.4) is 0 Å². The fraction of sp³-hybridized carbons (Fsp3) is 0.500. The number of hydrogen-bond donors (Lipinski definition) is 1. The van der Waals surface area contributed by atoms with Crippen molar-refractivity contribution in [3.05, 3.63) is 71.3 Å². The van der Waals surface area contributed by atoms with Gasteiger partial charge in [-0.15, -0.1) is 5.10 Å². The molecule has 5 rings (SSSR count). The van der Waals surface area contributed by atoms with Gasteiger partial charge in [-0.1, -0.05) is 74.6 Å². The molecule has 1 heterocycles. The summed E-state index contributed by atoms with van der Waals surface area (Å²) in [6.45, 7) is 1.17. The van der Waals surface area contributed by atoms with Gasteiger partial charge in [-0.3, -0.25) is 9.59 Å². The van der Waals surface area contributed by atoms with Gasteiger partial charge in [0.05, 0.1) is 12.5 Å². The largest absolute Gasteiger partial charge is 0.466 e. The lowest BCUT2D eigenvalue weighted by atomic mass is 9.83. The normalized spacial score (nSPS) is 20.1. The minimum absolute atomic E-state index is 0.0171. The Balaban J connectivity index is 1.27. The van der Waals surface area contributed by atoms with Gasteiger partial charge in [0.2, 0.25) is 11.8 Å². The van der Waals surface area contributed by atoms with Crippen molar-refractivity contribution in [2.24, 2.45) is 16.9 Å². The Morgan fingerprint density at radius 1 is 0.944 bits per heavy atom. The highest BCUT2D eigenvalue weighted by molar-refractivity contribution is 5.97. The molecule has 190 valence electrons. The molecule has 3 aliphatic rings. The summed E-state index contributed by atoms with van der Waals surface area (Å²) in [6, 6.07) is 17.8. The molecule has 1 N–H and O–H groups in total. The van der Waals surface area contributed by atoms with Crippen molar-refractivity contribution in [1.29, 1.82) is 0 Å². The second kappa shape index (κ2) is 11.7. The first-order valence-electron chi connectivity index (χ1n) is 13.6. The summed E-state index contributed by atoms with van der Waals surface area (Å²) in [5.41, 5.74) is 2.91. The molecule has 2 aliphatic carbocycles. The minimum atomic E-state index is -0.162. The molecule has 1 atom stereocenters. The van der Waals surface area contributed by atoms with Crippen molar-refractivity contribution >= 4 is 17.7 Å². The Morgan fingerprint density at radius 3 is 2.36 bits per heavy atom. The van der Waals surface area contributed by atoms with E-state index in [1.54, 1.807) is 0 Å². The average Bonchev–Trinajstić information content (AvgIpc) is 3.45. The van der Waals surface area contributed by atoms with E-state index >= 15 is 0 Å². The van der Waals surface area contributed by atoms with E-state index in [2.05, 4.69) is 22.6 Å². The Hall–Kier alpha value is -3.15. The number of benzene rings is 2. The highest BCUT2D eigenvalue weighted by Gasteiger charge is 2.32. The van der Waals surface area contributed by atoms with Crippen LogP contribution < -0.4 is 5.32 Å². The van der Waals surface area contributed by atoms with Crippen LogP contribution in [0.15, 0.2) is 59.7 Å². The second-order valence-corrected chi connectivity index (χ2v) is 10.5. The third kappa shape index (κ3) is 5.97. The fourth-order valence-corrected chi connectivity index (χ4v) is 5.92. The van der Waals surface area contributed by atoms with Crippen LogP contribution in [0.25, 0.3) is 0 Å². The zero-order chi connectivity index (χ0) is 24.7. The molecule has 0 bridgehead atoms. The minimum Gasteiger partial charge on any atom is -0.466 e. The zero-order valence-corrected chi connectivity index (χ0v) is 21.0. The first-order chi connectivity index (χ1) is 17.7. The Morgan fingerprint density at radius 2 is 1.64 bits per heavy atom. The Labute approximate surface area is 214 Å². The lowest BCUT2D eigenvalue weighted by Crippen LogP contribution is -2.37. The molecule has 36 heavy (non-hydrogen) atoms. The van der Waals surface area contributed by atoms with Crippen LogP contribution in [0.1, 0.15) is 80.4 Å². The number of nitrogens with zero attached hydrogens (tertiary/aromatic N) is 2. The number of hydrazone groups is 1. The molecular weight excluding hydrogens is 450 g/mol. The molecule has 2 saturated carbocycles. The van der Waals surface area contributed by atoms with Gasteiger partial charge in [-0.2, -0.15) is 0 Å². The van der Waals surface area contributed by atoms with Gasteiger partial charge >= 0.3 is 0 Å². The average molecular weight is 488 g/mol. The van der Waals surface area contributed by atoms with Gasteiger partial charge in [0.25, 0.3) is 5.91 Å². The van der Waals surface area contributed by atoms with Crippen molar-refractivity contribution in [1.82, 2.24) is 10.3 Å². The molecule has 2 amide bonds. The van der Waals surface area contributed by atoms with Crippen LogP contribution in [0.2, 0.25) is 0 Å². The van der Waals surface area contributed by atoms with Gasteiger partial charge in [0, 0.05) is 12.1 Å². The highest BCUT2D eigenvalue weighted by Crippen LogP contribution is 2.38. The molecule has 6 nitrogen and oxygen atoms in total. The summed E-state index contributed by atoms with van der Waals surface area (Å²) >= 11 is 0. The molecule has 0 saturated heterocycles. The number of hydrogen-bond acceptors (Lipinski definition) is 4. The van der Waals surface area contributed by atoms with Crippen molar-refractivity contribution in [2.45, 2.75) is 70.3 Å². The predicted octanol–water partition coefficient (Wildman–Crippen LogP) is 5.38. The van der Waals surface area contributed by atoms with E-state index in [0.717, 1.165) is 36.1 Å². The lowest BCUT2D eigenvalue weighted by molar-refractivity contribution is -0.136. The van der Waals surface area contributed by atoms with Gasteiger partial charge in [-0.25, -0.2) is 5.01 Å². The van der Waals surface area contributed by atoms with Gasteiger partial charge < -0.3 is 10.1 Å². The van der Waals surface area contributed by atoms with E-state index in [0.29, 0.717) is 24.3 Å². The summed E-state index contributed by atoms with van der Waals surface area (Å²) in [4.78, 5) is 25.9. The van der Waals surface area contributed by atoms with E-state index in [9.17, 15) is 9.59 Å². The van der Waals surface area contributed by atoms with Crippen molar-refractivity contribution in [3.63, 3.8) is 0 Å². The van der Waals surface area contributed by atoms with Gasteiger partial charge in [0.1, 0.15) is 0 Å². The van der Waals surface area contributed by atoms with Crippen LogP contribution in [-0.2, 0) is 20.9 Å². The molecule has 2 aromatic carbocycles. The number of carbonyl (C=O) groups excluding carboxylic acids is 2. The second-order valence-electron chi connectivity index (χ2n) is 10.5. The van der Waals surface area contributed by atoms with Gasteiger partial charge in [-0.05, 0) is 60.8 Å². The first kappa shape index (κ1) is 24.5. The van der Waals surface area contributed by atoms with Crippen molar-refractivity contribution in [3.8, 4) is 0 Å². The number of carbonyl (C=O) groups is 2. The summed E-state index contributed by atoms with van der Waals surface area (Å²) in [7, 11) is 0. The zero-order valence-electron chi connectivity index (χ0n) is 21.0. The van der Waals surface area contributed by atoms with E-state index in [4.69, 9.17) is 4.74 Å².